The molecule has 0 bridgehead atoms. The third kappa shape index (κ3) is 5.78. The Kier molecular flexibility index (Phi) is 8.59. The number of sulfonamides is 1. The van der Waals surface area contributed by atoms with Crippen molar-refractivity contribution in [1.82, 2.24) is 19.0 Å². The highest BCUT2D eigenvalue weighted by atomic mass is 32.2. The molecule has 1 amide bonds. The molecular formula is C26H40N4O4S2. The molecule has 5 rings (SSSR count). The van der Waals surface area contributed by atoms with Crippen molar-refractivity contribution < 1.29 is 17.9 Å². The zero-order valence-electron chi connectivity index (χ0n) is 21.4. The Morgan fingerprint density at radius 3 is 2.53 bits per heavy atom. The zero-order valence-corrected chi connectivity index (χ0v) is 23.0. The summed E-state index contributed by atoms with van der Waals surface area (Å²) in [5.41, 5.74) is 0.919. The summed E-state index contributed by atoms with van der Waals surface area (Å²) in [5.74, 6) is 0.581. The minimum absolute atomic E-state index is 0.0179. The Hall–Kier alpha value is -1.17. The number of carbonyl (C=O) groups is 1. The molecule has 1 aromatic rings. The number of piperazine rings is 1. The molecule has 1 aromatic carbocycles. The molecule has 200 valence electrons. The molecular weight excluding hydrogens is 496 g/mol. The van der Waals surface area contributed by atoms with E-state index in [1.165, 1.54) is 12.8 Å². The van der Waals surface area contributed by atoms with Gasteiger partial charge in [0, 0.05) is 55.5 Å². The number of rotatable bonds is 7. The van der Waals surface area contributed by atoms with Crippen LogP contribution in [0.1, 0.15) is 42.9 Å². The van der Waals surface area contributed by atoms with Gasteiger partial charge in [0.25, 0.3) is 0 Å². The molecule has 4 heterocycles. The van der Waals surface area contributed by atoms with Crippen molar-refractivity contribution in [2.45, 2.75) is 54.3 Å². The van der Waals surface area contributed by atoms with E-state index in [-0.39, 0.29) is 25.2 Å². The lowest BCUT2D eigenvalue weighted by atomic mass is 10.0. The van der Waals surface area contributed by atoms with Gasteiger partial charge in [-0.05, 0) is 57.5 Å². The standard InChI is InChI=1S/C26H40N4O4S2/c1-27-12-9-21(10-13-27)28-14-16-29(17-15-28)26(31)19-34-18-22-6-4-5-11-30(22)36(32,33)25-20-35-24-8-3-2-7-23(24)25/h2-3,7-8,21-22,25H,4-6,9-20H2,1H3. The number of benzene rings is 1. The summed E-state index contributed by atoms with van der Waals surface area (Å²) in [6.45, 7) is 6.49. The molecule has 0 aromatic heterocycles. The lowest BCUT2D eigenvalue weighted by Gasteiger charge is -2.42. The van der Waals surface area contributed by atoms with Gasteiger partial charge in [-0.2, -0.15) is 4.31 Å². The van der Waals surface area contributed by atoms with E-state index in [0.29, 0.717) is 18.3 Å². The fourth-order valence-corrected chi connectivity index (χ4v) is 9.94. The number of hydrogen-bond acceptors (Lipinski definition) is 7. The predicted octanol–water partition coefficient (Wildman–Crippen LogP) is 2.27. The van der Waals surface area contributed by atoms with Gasteiger partial charge < -0.3 is 14.5 Å². The maximum atomic E-state index is 13.7. The van der Waals surface area contributed by atoms with E-state index in [0.717, 1.165) is 69.0 Å². The Bertz CT molecular complexity index is 1010. The second kappa shape index (κ2) is 11.7. The molecule has 0 N–H and O–H groups in total. The molecule has 10 heteroatoms. The minimum atomic E-state index is -3.49. The first-order chi connectivity index (χ1) is 17.4. The predicted molar refractivity (Wildman–Crippen MR) is 143 cm³/mol. The van der Waals surface area contributed by atoms with Crippen molar-refractivity contribution in [2.75, 3.05) is 71.8 Å². The number of hydrogen-bond donors (Lipinski definition) is 0. The fraction of sp³-hybridized carbons (Fsp3) is 0.731. The zero-order chi connectivity index (χ0) is 25.1. The van der Waals surface area contributed by atoms with Crippen LogP contribution in [-0.4, -0.2) is 117 Å². The average molecular weight is 537 g/mol. The molecule has 2 atom stereocenters. The number of carbonyl (C=O) groups excluding carboxylic acids is 1. The Labute approximate surface area is 220 Å². The van der Waals surface area contributed by atoms with E-state index >= 15 is 0 Å². The van der Waals surface area contributed by atoms with E-state index in [4.69, 9.17) is 4.74 Å². The summed E-state index contributed by atoms with van der Waals surface area (Å²) in [5, 5.41) is -0.498. The van der Waals surface area contributed by atoms with Gasteiger partial charge in [0.05, 0.1) is 6.61 Å². The summed E-state index contributed by atoms with van der Waals surface area (Å²) in [4.78, 5) is 20.7. The fourth-order valence-electron chi connectivity index (χ4n) is 6.09. The molecule has 0 aliphatic carbocycles. The van der Waals surface area contributed by atoms with E-state index in [9.17, 15) is 13.2 Å². The van der Waals surface area contributed by atoms with Crippen LogP contribution in [0.4, 0.5) is 0 Å². The first kappa shape index (κ1) is 26.4. The molecule has 0 radical (unpaired) electrons. The van der Waals surface area contributed by atoms with Gasteiger partial charge in [-0.3, -0.25) is 9.69 Å². The number of nitrogens with zero attached hydrogens (tertiary/aromatic N) is 4. The summed E-state index contributed by atoms with van der Waals surface area (Å²) in [6, 6.07) is 8.27. The van der Waals surface area contributed by atoms with Crippen LogP contribution in [0.5, 0.6) is 0 Å². The van der Waals surface area contributed by atoms with Crippen LogP contribution in [0.25, 0.3) is 0 Å². The van der Waals surface area contributed by atoms with Crippen LogP contribution in [0, 0.1) is 0 Å². The summed E-state index contributed by atoms with van der Waals surface area (Å²) in [7, 11) is -1.31. The van der Waals surface area contributed by atoms with Crippen LogP contribution in [0.2, 0.25) is 0 Å². The van der Waals surface area contributed by atoms with Gasteiger partial charge in [0.15, 0.2) is 0 Å². The Morgan fingerprint density at radius 2 is 1.75 bits per heavy atom. The van der Waals surface area contributed by atoms with Crippen LogP contribution in [0.15, 0.2) is 29.2 Å². The van der Waals surface area contributed by atoms with Crippen molar-refractivity contribution in [2.24, 2.45) is 0 Å². The van der Waals surface area contributed by atoms with Gasteiger partial charge >= 0.3 is 0 Å². The van der Waals surface area contributed by atoms with Crippen molar-refractivity contribution in [3.8, 4) is 0 Å². The Morgan fingerprint density at radius 1 is 1.00 bits per heavy atom. The van der Waals surface area contributed by atoms with Crippen molar-refractivity contribution in [3.63, 3.8) is 0 Å². The summed E-state index contributed by atoms with van der Waals surface area (Å²) >= 11 is 1.62. The first-order valence-corrected chi connectivity index (χ1v) is 15.9. The summed E-state index contributed by atoms with van der Waals surface area (Å²) in [6.07, 6.45) is 5.06. The molecule has 0 saturated carbocycles. The number of thioether (sulfide) groups is 1. The minimum Gasteiger partial charge on any atom is -0.370 e. The number of piperidine rings is 2. The molecule has 3 fully saturated rings. The van der Waals surface area contributed by atoms with Crippen molar-refractivity contribution >= 4 is 27.7 Å². The van der Waals surface area contributed by atoms with E-state index in [1.807, 2.05) is 29.2 Å². The number of fused-ring (bicyclic) bond motifs is 1. The second-order valence-electron chi connectivity index (χ2n) is 10.6. The van der Waals surface area contributed by atoms with E-state index in [1.54, 1.807) is 16.1 Å². The molecule has 36 heavy (non-hydrogen) atoms. The third-order valence-electron chi connectivity index (χ3n) is 8.32. The average Bonchev–Trinajstić information content (AvgIpc) is 3.35. The smallest absolute Gasteiger partial charge is 0.248 e. The first-order valence-electron chi connectivity index (χ1n) is 13.4. The van der Waals surface area contributed by atoms with Gasteiger partial charge in [0.2, 0.25) is 15.9 Å². The SMILES string of the molecule is CN1CCC(N2CCN(C(=O)COCC3CCCCN3S(=O)(=O)C3CSc4ccccc43)CC2)CC1. The number of amides is 1. The third-order valence-corrected chi connectivity index (χ3v) is 12.0. The molecule has 0 spiro atoms. The number of ether oxygens (including phenoxy) is 1. The van der Waals surface area contributed by atoms with Gasteiger partial charge in [-0.1, -0.05) is 24.6 Å². The van der Waals surface area contributed by atoms with Crippen LogP contribution < -0.4 is 0 Å². The van der Waals surface area contributed by atoms with Crippen LogP contribution in [0.3, 0.4) is 0 Å². The monoisotopic (exact) mass is 536 g/mol. The molecule has 8 nitrogen and oxygen atoms in total. The van der Waals surface area contributed by atoms with Gasteiger partial charge in [0.1, 0.15) is 11.9 Å². The lowest BCUT2D eigenvalue weighted by Crippen LogP contribution is -2.54. The number of likely N-dealkylation sites (tertiary alicyclic amines) is 1. The van der Waals surface area contributed by atoms with E-state index < -0.39 is 15.3 Å². The van der Waals surface area contributed by atoms with E-state index in [2.05, 4.69) is 16.8 Å². The van der Waals surface area contributed by atoms with Gasteiger partial charge in [-0.25, -0.2) is 8.42 Å². The molecule has 4 aliphatic heterocycles. The van der Waals surface area contributed by atoms with Crippen molar-refractivity contribution in [3.05, 3.63) is 29.8 Å². The summed E-state index contributed by atoms with van der Waals surface area (Å²) < 4.78 is 34.9. The highest BCUT2D eigenvalue weighted by Crippen LogP contribution is 2.44. The largest absolute Gasteiger partial charge is 0.370 e. The topological polar surface area (TPSA) is 73.4 Å². The van der Waals surface area contributed by atoms with Crippen LogP contribution >= 0.6 is 11.8 Å². The van der Waals surface area contributed by atoms with Gasteiger partial charge in [-0.15, -0.1) is 11.8 Å². The Balaban J connectivity index is 1.11. The molecule has 4 aliphatic rings. The quantitative estimate of drug-likeness (QED) is 0.529. The lowest BCUT2D eigenvalue weighted by molar-refractivity contribution is -0.138. The highest BCUT2D eigenvalue weighted by molar-refractivity contribution is 8.01. The maximum Gasteiger partial charge on any atom is 0.248 e. The molecule has 3 saturated heterocycles. The normalized spacial score (nSPS) is 27.3. The second-order valence-corrected chi connectivity index (χ2v) is 13.7. The maximum absolute atomic E-state index is 13.7. The molecule has 2 unspecified atom stereocenters. The van der Waals surface area contributed by atoms with Crippen molar-refractivity contribution in [1.29, 1.82) is 0 Å². The van der Waals surface area contributed by atoms with Crippen LogP contribution in [-0.2, 0) is 19.6 Å². The highest BCUT2D eigenvalue weighted by Gasteiger charge is 2.42.